The number of carbonyl (C=O) groups is 1. The maximum absolute atomic E-state index is 13.8. The van der Waals surface area contributed by atoms with Crippen molar-refractivity contribution in [3.05, 3.63) is 40.3 Å². The van der Waals surface area contributed by atoms with Gasteiger partial charge in [0.05, 0.1) is 11.0 Å². The van der Waals surface area contributed by atoms with E-state index in [1.807, 2.05) is 28.8 Å². The zero-order valence-electron chi connectivity index (χ0n) is 21.0. The summed E-state index contributed by atoms with van der Waals surface area (Å²) >= 11 is 0. The monoisotopic (exact) mass is 492 g/mol. The first-order valence-electron chi connectivity index (χ1n) is 13.7. The summed E-state index contributed by atoms with van der Waals surface area (Å²) < 4.78 is 1.82. The second-order valence-electron chi connectivity index (χ2n) is 11.4. The van der Waals surface area contributed by atoms with Crippen molar-refractivity contribution in [3.63, 3.8) is 0 Å². The van der Waals surface area contributed by atoms with Gasteiger partial charge in [-0.05, 0) is 68.9 Å². The molecule has 0 amide bonds. The predicted octanol–water partition coefficient (Wildman–Crippen LogP) is 4.36. The highest BCUT2D eigenvalue weighted by Gasteiger charge is 2.45. The molecule has 2 aromatic rings. The molecule has 4 unspecified atom stereocenters. The molecule has 3 heterocycles. The molecule has 1 N–H and O–H groups in total. The molecule has 8 nitrogen and oxygen atoms in total. The summed E-state index contributed by atoms with van der Waals surface area (Å²) in [5.74, 6) is 0.465. The lowest BCUT2D eigenvalue weighted by atomic mass is 9.68. The van der Waals surface area contributed by atoms with Crippen molar-refractivity contribution >= 4 is 22.7 Å². The van der Waals surface area contributed by atoms with Crippen LogP contribution in [0.3, 0.4) is 0 Å². The molecule has 4 fully saturated rings. The first-order chi connectivity index (χ1) is 17.5. The summed E-state index contributed by atoms with van der Waals surface area (Å²) in [6.45, 7) is 0. The van der Waals surface area contributed by atoms with Gasteiger partial charge in [0, 0.05) is 24.2 Å². The van der Waals surface area contributed by atoms with Crippen LogP contribution >= 0.6 is 0 Å². The Balaban J connectivity index is 1.37. The number of carboxylic acids is 1. The Kier molecular flexibility index (Phi) is 6.32. The van der Waals surface area contributed by atoms with E-state index in [0.29, 0.717) is 23.6 Å². The molecular weight excluding hydrogens is 456 g/mol. The van der Waals surface area contributed by atoms with Crippen LogP contribution in [0.2, 0.25) is 0 Å². The van der Waals surface area contributed by atoms with Crippen molar-refractivity contribution < 1.29 is 14.7 Å². The van der Waals surface area contributed by atoms with Gasteiger partial charge in [0.25, 0.3) is 5.56 Å². The molecule has 6 rings (SSSR count). The van der Waals surface area contributed by atoms with Crippen LogP contribution in [0, 0.1) is 11.8 Å². The molecule has 36 heavy (non-hydrogen) atoms. The maximum atomic E-state index is 13.8. The van der Waals surface area contributed by atoms with Gasteiger partial charge in [0.15, 0.2) is 5.69 Å². The molecule has 0 spiro atoms. The number of para-hydroxylation sites is 2. The number of rotatable bonds is 5. The Bertz CT molecular complexity index is 1210. The Morgan fingerprint density at radius 2 is 1.61 bits per heavy atom. The van der Waals surface area contributed by atoms with Crippen molar-refractivity contribution in [2.75, 3.05) is 7.11 Å². The van der Waals surface area contributed by atoms with Crippen molar-refractivity contribution in [1.29, 1.82) is 0 Å². The predicted molar refractivity (Wildman–Crippen MR) is 137 cm³/mol. The van der Waals surface area contributed by atoms with Gasteiger partial charge < -0.3 is 14.5 Å². The van der Waals surface area contributed by atoms with E-state index >= 15 is 0 Å². The third-order valence-electron chi connectivity index (χ3n) is 9.30. The van der Waals surface area contributed by atoms with E-state index in [2.05, 4.69) is 15.0 Å². The van der Waals surface area contributed by atoms with E-state index in [0.717, 1.165) is 30.2 Å². The number of nitrogens with zero attached hydrogens (tertiary/aromatic N) is 4. The van der Waals surface area contributed by atoms with Crippen molar-refractivity contribution in [2.45, 2.75) is 94.8 Å². The fraction of sp³-hybridized carbons (Fsp3) is 0.643. The fourth-order valence-corrected chi connectivity index (χ4v) is 8.08. The van der Waals surface area contributed by atoms with Gasteiger partial charge in [-0.15, -0.1) is 0 Å². The molecule has 1 aromatic carbocycles. The summed E-state index contributed by atoms with van der Waals surface area (Å²) in [7, 11) is 1.28. The van der Waals surface area contributed by atoms with Gasteiger partial charge in [0.1, 0.15) is 7.11 Å². The molecule has 2 saturated carbocycles. The number of carboxylic acid groups (broad SMARTS) is 1. The van der Waals surface area contributed by atoms with Crippen LogP contribution in [0.25, 0.3) is 11.0 Å². The van der Waals surface area contributed by atoms with Gasteiger partial charge in [0.2, 0.25) is 5.71 Å². The van der Waals surface area contributed by atoms with Crippen LogP contribution in [-0.4, -0.2) is 56.5 Å². The quantitative estimate of drug-likeness (QED) is 0.492. The van der Waals surface area contributed by atoms with Crippen molar-refractivity contribution in [2.24, 2.45) is 17.0 Å². The number of benzene rings is 1. The van der Waals surface area contributed by atoms with Crippen LogP contribution in [0.5, 0.6) is 0 Å². The van der Waals surface area contributed by atoms with E-state index in [4.69, 9.17) is 4.84 Å². The number of hydrogen-bond donors (Lipinski definition) is 1. The van der Waals surface area contributed by atoms with Crippen LogP contribution in [0.15, 0.2) is 34.2 Å². The average molecular weight is 493 g/mol. The highest BCUT2D eigenvalue weighted by molar-refractivity contribution is 6.41. The number of aliphatic carboxylic acids is 1. The second kappa shape index (κ2) is 9.61. The fourth-order valence-electron chi connectivity index (χ4n) is 8.08. The summed E-state index contributed by atoms with van der Waals surface area (Å²) in [4.78, 5) is 37.8. The minimum atomic E-state index is -1.32. The topological polar surface area (TPSA) is 97.0 Å². The van der Waals surface area contributed by atoms with Gasteiger partial charge in [-0.1, -0.05) is 43.0 Å². The number of piperidine rings is 2. The lowest BCUT2D eigenvalue weighted by Gasteiger charge is -2.55. The van der Waals surface area contributed by atoms with E-state index in [1.54, 1.807) is 0 Å². The van der Waals surface area contributed by atoms with Crippen LogP contribution in [-0.2, 0) is 9.63 Å². The molecule has 4 bridgehead atoms. The molecule has 4 aliphatic rings. The minimum Gasteiger partial charge on any atom is -0.476 e. The zero-order chi connectivity index (χ0) is 24.8. The summed E-state index contributed by atoms with van der Waals surface area (Å²) in [5.41, 5.74) is 0.363. The van der Waals surface area contributed by atoms with Crippen LogP contribution in [0.4, 0.5) is 0 Å². The highest BCUT2D eigenvalue weighted by Crippen LogP contribution is 2.47. The summed E-state index contributed by atoms with van der Waals surface area (Å²) in [6.07, 6.45) is 13.7. The van der Waals surface area contributed by atoms with Gasteiger partial charge in [-0.3, -0.25) is 9.69 Å². The van der Waals surface area contributed by atoms with Gasteiger partial charge >= 0.3 is 5.97 Å². The molecule has 2 aliphatic carbocycles. The zero-order valence-corrected chi connectivity index (χ0v) is 21.0. The van der Waals surface area contributed by atoms with Crippen molar-refractivity contribution in [3.8, 4) is 0 Å². The van der Waals surface area contributed by atoms with Crippen molar-refractivity contribution in [1.82, 2.24) is 14.5 Å². The van der Waals surface area contributed by atoms with Crippen LogP contribution in [0.1, 0.15) is 82.4 Å². The first kappa shape index (κ1) is 23.6. The smallest absolute Gasteiger partial charge is 0.360 e. The third kappa shape index (κ3) is 4.13. The molecular formula is C28H36N4O4. The average Bonchev–Trinajstić information content (AvgIpc) is 2.86. The Labute approximate surface area is 211 Å². The minimum absolute atomic E-state index is 0.0105. The molecule has 192 valence electrons. The van der Waals surface area contributed by atoms with E-state index in [1.165, 1.54) is 64.9 Å². The Morgan fingerprint density at radius 3 is 2.28 bits per heavy atom. The van der Waals surface area contributed by atoms with Gasteiger partial charge in [-0.2, -0.15) is 0 Å². The van der Waals surface area contributed by atoms with E-state index in [9.17, 15) is 14.7 Å². The first-order valence-corrected chi connectivity index (χ1v) is 13.7. The molecule has 4 atom stereocenters. The largest absolute Gasteiger partial charge is 0.476 e. The molecule has 2 aliphatic heterocycles. The Hall–Kier alpha value is -2.74. The lowest BCUT2D eigenvalue weighted by molar-refractivity contribution is -0.129. The lowest BCUT2D eigenvalue weighted by Crippen LogP contribution is -2.58. The standard InChI is InChI=1S/C28H36N4O4/c1-36-30-26(28(34)35)25-27(33)32(24-11-3-2-10-23(24)29-25)22-15-19-8-5-9-20(16-22)31(19)21-13-17-6-4-7-18(12-17)14-21/h2-3,10-11,17-22H,4-9,12-16H2,1H3,(H,34,35)/b30-26-. The summed E-state index contributed by atoms with van der Waals surface area (Å²) in [6, 6.07) is 9.16. The molecule has 0 radical (unpaired) electrons. The highest BCUT2D eigenvalue weighted by atomic mass is 16.6. The summed E-state index contributed by atoms with van der Waals surface area (Å²) in [5, 5.41) is 13.4. The number of oxime groups is 1. The Morgan fingerprint density at radius 1 is 0.944 bits per heavy atom. The molecule has 8 heteroatoms. The third-order valence-corrected chi connectivity index (χ3v) is 9.30. The van der Waals surface area contributed by atoms with E-state index in [-0.39, 0.29) is 11.7 Å². The number of hydrogen-bond acceptors (Lipinski definition) is 6. The normalized spacial score (nSPS) is 32.9. The molecule has 1 aromatic heterocycles. The second-order valence-corrected chi connectivity index (χ2v) is 11.4. The molecule has 2 saturated heterocycles. The maximum Gasteiger partial charge on any atom is 0.360 e. The van der Waals surface area contributed by atoms with E-state index < -0.39 is 17.2 Å². The SMILES string of the molecule is CO/N=C(\C(=O)O)c1nc2ccccc2n(C2CC3CCCC(C2)N3C2CC3CCCC(C3)C2)c1=O. The van der Waals surface area contributed by atoms with Crippen LogP contribution < -0.4 is 5.56 Å². The number of fused-ring (bicyclic) bond motifs is 5. The number of aromatic nitrogens is 2. The van der Waals surface area contributed by atoms with Gasteiger partial charge in [-0.25, -0.2) is 9.78 Å².